The number of benzene rings is 1. The summed E-state index contributed by atoms with van der Waals surface area (Å²) in [5, 5.41) is 2.51. The Kier molecular flexibility index (Phi) is 5.18. The molecule has 0 atom stereocenters. The number of hydrogen-bond acceptors (Lipinski definition) is 3. The van der Waals surface area contributed by atoms with Crippen molar-refractivity contribution in [1.82, 2.24) is 10.3 Å². The Morgan fingerprint density at radius 3 is 2.81 bits per heavy atom. The van der Waals surface area contributed by atoms with Crippen LogP contribution in [0.1, 0.15) is 11.3 Å². The molecule has 0 aliphatic carbocycles. The first-order valence-corrected chi connectivity index (χ1v) is 6.36. The predicted octanol–water partition coefficient (Wildman–Crippen LogP) is 1.65. The van der Waals surface area contributed by atoms with E-state index >= 15 is 0 Å². The molecule has 1 aromatic heterocycles. The molecular weight excluding hydrogens is 268 g/mol. The molecule has 5 heteroatoms. The van der Waals surface area contributed by atoms with Crippen molar-refractivity contribution < 1.29 is 9.53 Å². The first-order valence-electron chi connectivity index (χ1n) is 6.36. The van der Waals surface area contributed by atoms with Crippen LogP contribution in [0.25, 0.3) is 0 Å². The van der Waals surface area contributed by atoms with E-state index in [1.165, 1.54) is 18.3 Å². The normalized spacial score (nSPS) is 9.33. The Hall–Kier alpha value is -3.00. The average Bonchev–Trinajstić information content (AvgIpc) is 2.51. The van der Waals surface area contributed by atoms with E-state index in [1.54, 1.807) is 0 Å². The molecule has 0 unspecified atom stereocenters. The number of carbonyl (C=O) groups is 1. The lowest BCUT2D eigenvalue weighted by atomic mass is 10.2. The predicted molar refractivity (Wildman–Crippen MR) is 78.6 cm³/mol. The van der Waals surface area contributed by atoms with Crippen molar-refractivity contribution in [2.45, 2.75) is 6.61 Å². The third-order valence-electron chi connectivity index (χ3n) is 2.53. The van der Waals surface area contributed by atoms with E-state index in [9.17, 15) is 9.59 Å². The fourth-order valence-electron chi connectivity index (χ4n) is 1.55. The number of aromatic nitrogens is 1. The van der Waals surface area contributed by atoms with Gasteiger partial charge < -0.3 is 15.0 Å². The smallest absolute Gasteiger partial charge is 0.408 e. The van der Waals surface area contributed by atoms with E-state index in [-0.39, 0.29) is 18.6 Å². The lowest BCUT2D eigenvalue weighted by molar-refractivity contribution is 0.141. The Balaban J connectivity index is 1.74. The molecule has 1 aromatic carbocycles. The van der Waals surface area contributed by atoms with Crippen molar-refractivity contribution in [2.24, 2.45) is 0 Å². The van der Waals surface area contributed by atoms with Gasteiger partial charge in [0.25, 0.3) is 0 Å². The highest BCUT2D eigenvalue weighted by Crippen LogP contribution is 2.00. The van der Waals surface area contributed by atoms with Crippen molar-refractivity contribution >= 4 is 6.09 Å². The van der Waals surface area contributed by atoms with E-state index in [4.69, 9.17) is 4.74 Å². The van der Waals surface area contributed by atoms with Crippen molar-refractivity contribution in [1.29, 1.82) is 0 Å². The van der Waals surface area contributed by atoms with Crippen molar-refractivity contribution in [3.05, 3.63) is 70.1 Å². The molecule has 21 heavy (non-hydrogen) atoms. The van der Waals surface area contributed by atoms with Gasteiger partial charge in [-0.1, -0.05) is 36.3 Å². The van der Waals surface area contributed by atoms with Gasteiger partial charge in [-0.3, -0.25) is 4.79 Å². The molecule has 0 bridgehead atoms. The van der Waals surface area contributed by atoms with E-state index in [2.05, 4.69) is 22.1 Å². The lowest BCUT2D eigenvalue weighted by Crippen LogP contribution is -2.24. The minimum absolute atomic E-state index is 0.117. The summed E-state index contributed by atoms with van der Waals surface area (Å²) in [6, 6.07) is 12.2. The van der Waals surface area contributed by atoms with Crippen LogP contribution < -0.4 is 10.7 Å². The summed E-state index contributed by atoms with van der Waals surface area (Å²) in [6.07, 6.45) is 0.989. The molecule has 5 nitrogen and oxygen atoms in total. The van der Waals surface area contributed by atoms with Crippen LogP contribution in [0.5, 0.6) is 0 Å². The summed E-state index contributed by atoms with van der Waals surface area (Å²) in [5.74, 6) is 5.46. The Bertz CT molecular complexity index is 711. The number of ether oxygens (including phenoxy) is 1. The molecule has 0 fully saturated rings. The van der Waals surface area contributed by atoms with Crippen LogP contribution in [-0.4, -0.2) is 17.6 Å². The lowest BCUT2D eigenvalue weighted by Gasteiger charge is -2.04. The van der Waals surface area contributed by atoms with Crippen LogP contribution in [-0.2, 0) is 11.3 Å². The fraction of sp³-hybridized carbons (Fsp3) is 0.125. The molecule has 1 amide bonds. The maximum atomic E-state index is 11.4. The van der Waals surface area contributed by atoms with Crippen LogP contribution in [0.3, 0.4) is 0 Å². The molecule has 0 aliphatic heterocycles. The summed E-state index contributed by atoms with van der Waals surface area (Å²) in [6.45, 7) is 0.358. The van der Waals surface area contributed by atoms with Gasteiger partial charge in [0.05, 0.1) is 12.2 Å². The molecular formula is C16H14N2O3. The minimum atomic E-state index is -0.533. The Labute approximate surface area is 122 Å². The van der Waals surface area contributed by atoms with Gasteiger partial charge in [0.15, 0.2) is 5.43 Å². The van der Waals surface area contributed by atoms with Gasteiger partial charge in [0.1, 0.15) is 6.61 Å². The quantitative estimate of drug-likeness (QED) is 0.841. The first-order chi connectivity index (χ1) is 10.2. The standard InChI is InChI=1S/C16H14N2O3/c19-15-8-10-17-14(11-15)7-4-9-18-16(20)21-12-13-5-2-1-3-6-13/h1-3,5-6,8,10-11H,9,12H2,(H,17,19)(H,18,20). The molecule has 2 rings (SSSR count). The second-order valence-electron chi connectivity index (χ2n) is 4.16. The molecule has 2 N–H and O–H groups in total. The van der Waals surface area contributed by atoms with E-state index in [0.29, 0.717) is 5.69 Å². The number of pyridine rings is 1. The molecule has 0 spiro atoms. The van der Waals surface area contributed by atoms with Crippen LogP contribution >= 0.6 is 0 Å². The van der Waals surface area contributed by atoms with Gasteiger partial charge in [-0.2, -0.15) is 0 Å². The monoisotopic (exact) mass is 282 g/mol. The second-order valence-corrected chi connectivity index (χ2v) is 4.16. The molecule has 0 aliphatic rings. The second kappa shape index (κ2) is 7.56. The Morgan fingerprint density at radius 1 is 1.24 bits per heavy atom. The van der Waals surface area contributed by atoms with Gasteiger partial charge in [0.2, 0.25) is 0 Å². The topological polar surface area (TPSA) is 71.2 Å². The number of amides is 1. The number of carbonyl (C=O) groups excluding carboxylic acids is 1. The fourth-order valence-corrected chi connectivity index (χ4v) is 1.55. The van der Waals surface area contributed by atoms with Gasteiger partial charge in [-0.15, -0.1) is 0 Å². The van der Waals surface area contributed by atoms with E-state index < -0.39 is 6.09 Å². The summed E-state index contributed by atoms with van der Waals surface area (Å²) in [5.41, 5.74) is 1.30. The van der Waals surface area contributed by atoms with Gasteiger partial charge in [0, 0.05) is 18.3 Å². The largest absolute Gasteiger partial charge is 0.445 e. The first kappa shape index (κ1) is 14.4. The number of nitrogens with one attached hydrogen (secondary N) is 2. The number of alkyl carbamates (subject to hydrolysis) is 1. The zero-order valence-corrected chi connectivity index (χ0v) is 11.3. The van der Waals surface area contributed by atoms with Crippen LogP contribution in [0, 0.1) is 11.8 Å². The van der Waals surface area contributed by atoms with Gasteiger partial charge >= 0.3 is 6.09 Å². The average molecular weight is 282 g/mol. The zero-order valence-electron chi connectivity index (χ0n) is 11.3. The number of aromatic amines is 1. The van der Waals surface area contributed by atoms with Gasteiger partial charge in [-0.05, 0) is 11.5 Å². The molecule has 0 radical (unpaired) electrons. The Morgan fingerprint density at radius 2 is 2.05 bits per heavy atom. The molecule has 2 aromatic rings. The van der Waals surface area contributed by atoms with Gasteiger partial charge in [-0.25, -0.2) is 4.79 Å². The molecule has 1 heterocycles. The molecule has 106 valence electrons. The summed E-state index contributed by atoms with van der Waals surface area (Å²) >= 11 is 0. The number of H-pyrrole nitrogens is 1. The van der Waals surface area contributed by atoms with Crippen molar-refractivity contribution in [3.8, 4) is 11.8 Å². The SMILES string of the molecule is O=C(NCC#Cc1cc(=O)cc[nH]1)OCc1ccccc1. The van der Waals surface area contributed by atoms with Crippen LogP contribution in [0.2, 0.25) is 0 Å². The summed E-state index contributed by atoms with van der Waals surface area (Å²) < 4.78 is 5.02. The van der Waals surface area contributed by atoms with Crippen molar-refractivity contribution in [3.63, 3.8) is 0 Å². The molecule has 0 saturated heterocycles. The third-order valence-corrected chi connectivity index (χ3v) is 2.53. The van der Waals surface area contributed by atoms with Crippen LogP contribution in [0.15, 0.2) is 53.5 Å². The highest BCUT2D eigenvalue weighted by molar-refractivity contribution is 5.67. The highest BCUT2D eigenvalue weighted by Gasteiger charge is 1.99. The summed E-state index contributed by atoms with van der Waals surface area (Å²) in [4.78, 5) is 25.3. The molecule has 0 saturated carbocycles. The van der Waals surface area contributed by atoms with Crippen LogP contribution in [0.4, 0.5) is 4.79 Å². The maximum absolute atomic E-state index is 11.4. The number of hydrogen-bond donors (Lipinski definition) is 2. The van der Waals surface area contributed by atoms with E-state index in [0.717, 1.165) is 5.56 Å². The van der Waals surface area contributed by atoms with E-state index in [1.807, 2.05) is 30.3 Å². The number of rotatable bonds is 3. The highest BCUT2D eigenvalue weighted by atomic mass is 16.5. The maximum Gasteiger partial charge on any atom is 0.408 e. The minimum Gasteiger partial charge on any atom is -0.445 e. The van der Waals surface area contributed by atoms with Crippen molar-refractivity contribution in [2.75, 3.05) is 6.54 Å². The third kappa shape index (κ3) is 5.25. The zero-order chi connectivity index (χ0) is 14.9. The summed E-state index contributed by atoms with van der Waals surface area (Å²) in [7, 11) is 0.